The molecule has 118 valence electrons. The second-order valence-corrected chi connectivity index (χ2v) is 6.58. The standard InChI is InChI=1S/C14H23N3O3S/c1-5-17(6-2)13(18)9-16-21(19,20)14-10(3)7-12(15)8-11(14)4/h7-8,16H,5-6,9,15H2,1-4H3. The maximum absolute atomic E-state index is 12.4. The largest absolute Gasteiger partial charge is 0.399 e. The van der Waals surface area contributed by atoms with Crippen LogP contribution in [0.25, 0.3) is 0 Å². The number of nitrogens with two attached hydrogens (primary N) is 1. The van der Waals surface area contributed by atoms with Gasteiger partial charge in [0.15, 0.2) is 0 Å². The van der Waals surface area contributed by atoms with Gasteiger partial charge in [0.1, 0.15) is 0 Å². The fourth-order valence-electron chi connectivity index (χ4n) is 2.32. The molecule has 1 rings (SSSR count). The molecule has 0 saturated carbocycles. The van der Waals surface area contributed by atoms with E-state index in [0.717, 1.165) is 0 Å². The fourth-order valence-corrected chi connectivity index (χ4v) is 3.75. The van der Waals surface area contributed by atoms with Gasteiger partial charge in [-0.25, -0.2) is 13.1 Å². The SMILES string of the molecule is CCN(CC)C(=O)CNS(=O)(=O)c1c(C)cc(N)cc1C. The molecule has 0 bridgehead atoms. The lowest BCUT2D eigenvalue weighted by molar-refractivity contribution is -0.129. The van der Waals surface area contributed by atoms with E-state index >= 15 is 0 Å². The molecule has 0 aliphatic rings. The molecule has 0 heterocycles. The van der Waals surface area contributed by atoms with Crippen molar-refractivity contribution >= 4 is 21.6 Å². The summed E-state index contributed by atoms with van der Waals surface area (Å²) in [6, 6.07) is 3.21. The number of anilines is 1. The second-order valence-electron chi connectivity index (χ2n) is 4.87. The Morgan fingerprint density at radius 2 is 1.67 bits per heavy atom. The number of benzene rings is 1. The molecule has 0 spiro atoms. The number of likely N-dealkylation sites (N-methyl/N-ethyl adjacent to an activating group) is 1. The highest BCUT2D eigenvalue weighted by Gasteiger charge is 2.21. The quantitative estimate of drug-likeness (QED) is 0.767. The zero-order valence-electron chi connectivity index (χ0n) is 12.9. The number of hydrogen-bond donors (Lipinski definition) is 2. The van der Waals surface area contributed by atoms with E-state index in [1.165, 1.54) is 0 Å². The molecule has 1 aromatic carbocycles. The van der Waals surface area contributed by atoms with Crippen LogP contribution in [0.15, 0.2) is 17.0 Å². The Balaban J connectivity index is 2.96. The third-order valence-electron chi connectivity index (χ3n) is 3.28. The molecule has 0 unspecified atom stereocenters. The van der Waals surface area contributed by atoms with Crippen molar-refractivity contribution in [3.63, 3.8) is 0 Å². The number of amides is 1. The Labute approximate surface area is 126 Å². The number of nitrogens with one attached hydrogen (secondary N) is 1. The lowest BCUT2D eigenvalue weighted by Gasteiger charge is -2.19. The van der Waals surface area contributed by atoms with E-state index in [1.54, 1.807) is 30.9 Å². The first-order chi connectivity index (χ1) is 9.72. The van der Waals surface area contributed by atoms with E-state index in [1.807, 2.05) is 13.8 Å². The average molecular weight is 313 g/mol. The van der Waals surface area contributed by atoms with E-state index in [0.29, 0.717) is 29.9 Å². The number of aryl methyl sites for hydroxylation is 2. The minimum atomic E-state index is -3.74. The predicted octanol–water partition coefficient (Wildman–Crippen LogP) is 1.03. The molecule has 1 aromatic rings. The van der Waals surface area contributed by atoms with Gasteiger partial charge in [-0.15, -0.1) is 0 Å². The molecule has 0 aliphatic heterocycles. The summed E-state index contributed by atoms with van der Waals surface area (Å²) >= 11 is 0. The minimum absolute atomic E-state index is 0.184. The molecule has 0 radical (unpaired) electrons. The molecule has 6 nitrogen and oxygen atoms in total. The second kappa shape index (κ2) is 6.91. The molecule has 0 saturated heterocycles. The van der Waals surface area contributed by atoms with Crippen LogP contribution in [0.1, 0.15) is 25.0 Å². The van der Waals surface area contributed by atoms with Crippen LogP contribution >= 0.6 is 0 Å². The Bertz CT molecular complexity index is 599. The predicted molar refractivity (Wildman–Crippen MR) is 83.4 cm³/mol. The molecule has 3 N–H and O–H groups in total. The summed E-state index contributed by atoms with van der Waals surface area (Å²) in [5, 5.41) is 0. The van der Waals surface area contributed by atoms with Gasteiger partial charge < -0.3 is 10.6 Å². The topological polar surface area (TPSA) is 92.5 Å². The van der Waals surface area contributed by atoms with E-state index < -0.39 is 10.0 Å². The van der Waals surface area contributed by atoms with Crippen molar-refractivity contribution in [1.82, 2.24) is 9.62 Å². The van der Waals surface area contributed by atoms with E-state index in [9.17, 15) is 13.2 Å². The lowest BCUT2D eigenvalue weighted by Crippen LogP contribution is -2.40. The van der Waals surface area contributed by atoms with Crippen molar-refractivity contribution in [3.05, 3.63) is 23.3 Å². The Kier molecular flexibility index (Phi) is 5.74. The summed E-state index contributed by atoms with van der Waals surface area (Å²) < 4.78 is 27.1. The summed E-state index contributed by atoms with van der Waals surface area (Å²) in [7, 11) is -3.74. The first-order valence-electron chi connectivity index (χ1n) is 6.87. The van der Waals surface area contributed by atoms with Gasteiger partial charge in [0, 0.05) is 18.8 Å². The molecule has 0 fully saturated rings. The van der Waals surface area contributed by atoms with Crippen molar-refractivity contribution < 1.29 is 13.2 Å². The summed E-state index contributed by atoms with van der Waals surface area (Å²) in [5.41, 5.74) is 7.34. The molecule has 21 heavy (non-hydrogen) atoms. The number of hydrogen-bond acceptors (Lipinski definition) is 4. The highest BCUT2D eigenvalue weighted by molar-refractivity contribution is 7.89. The van der Waals surface area contributed by atoms with Crippen molar-refractivity contribution in [1.29, 1.82) is 0 Å². The number of nitrogens with zero attached hydrogens (tertiary/aromatic N) is 1. The highest BCUT2D eigenvalue weighted by Crippen LogP contribution is 2.22. The van der Waals surface area contributed by atoms with E-state index in [2.05, 4.69) is 4.72 Å². The maximum Gasteiger partial charge on any atom is 0.241 e. The highest BCUT2D eigenvalue weighted by atomic mass is 32.2. The Morgan fingerprint density at radius 3 is 2.10 bits per heavy atom. The zero-order chi connectivity index (χ0) is 16.2. The molecule has 0 aromatic heterocycles. The summed E-state index contributed by atoms with van der Waals surface area (Å²) in [5.74, 6) is -0.241. The Morgan fingerprint density at radius 1 is 1.19 bits per heavy atom. The van der Waals surface area contributed by atoms with Crippen LogP contribution in [0.4, 0.5) is 5.69 Å². The first-order valence-corrected chi connectivity index (χ1v) is 8.35. The van der Waals surface area contributed by atoms with Crippen molar-refractivity contribution in [2.75, 3.05) is 25.4 Å². The number of carbonyl (C=O) groups excluding carboxylic acids is 1. The molecule has 0 atom stereocenters. The average Bonchev–Trinajstić information content (AvgIpc) is 2.36. The smallest absolute Gasteiger partial charge is 0.241 e. The van der Waals surface area contributed by atoms with Crippen molar-refractivity contribution in [2.45, 2.75) is 32.6 Å². The summed E-state index contributed by atoms with van der Waals surface area (Å²) in [6.07, 6.45) is 0. The third kappa shape index (κ3) is 4.18. The molecule has 1 amide bonds. The molecule has 0 aliphatic carbocycles. The number of sulfonamides is 1. The van der Waals surface area contributed by atoms with Gasteiger partial charge in [-0.3, -0.25) is 4.79 Å². The monoisotopic (exact) mass is 313 g/mol. The lowest BCUT2D eigenvalue weighted by atomic mass is 10.1. The van der Waals surface area contributed by atoms with Crippen LogP contribution < -0.4 is 10.5 Å². The van der Waals surface area contributed by atoms with Gasteiger partial charge in [0.05, 0.1) is 11.4 Å². The number of nitrogen functional groups attached to an aromatic ring is 1. The third-order valence-corrected chi connectivity index (χ3v) is 4.99. The fraction of sp³-hybridized carbons (Fsp3) is 0.500. The maximum atomic E-state index is 12.4. The van der Waals surface area contributed by atoms with Gasteiger partial charge in [-0.2, -0.15) is 0 Å². The first kappa shape index (κ1) is 17.5. The van der Waals surface area contributed by atoms with Crippen molar-refractivity contribution in [3.8, 4) is 0 Å². The minimum Gasteiger partial charge on any atom is -0.399 e. The van der Waals surface area contributed by atoms with Gasteiger partial charge in [-0.05, 0) is 51.0 Å². The van der Waals surface area contributed by atoms with Crippen LogP contribution in [-0.4, -0.2) is 38.9 Å². The van der Waals surface area contributed by atoms with Crippen LogP contribution in [0, 0.1) is 13.8 Å². The van der Waals surface area contributed by atoms with Crippen LogP contribution in [0.3, 0.4) is 0 Å². The Hall–Kier alpha value is -1.60. The van der Waals surface area contributed by atoms with Crippen LogP contribution in [-0.2, 0) is 14.8 Å². The zero-order valence-corrected chi connectivity index (χ0v) is 13.8. The summed E-state index contributed by atoms with van der Waals surface area (Å²) in [6.45, 7) is 7.93. The van der Waals surface area contributed by atoms with Gasteiger partial charge in [-0.1, -0.05) is 0 Å². The number of rotatable bonds is 6. The van der Waals surface area contributed by atoms with Gasteiger partial charge >= 0.3 is 0 Å². The van der Waals surface area contributed by atoms with E-state index in [4.69, 9.17) is 5.73 Å². The summed E-state index contributed by atoms with van der Waals surface area (Å²) in [4.78, 5) is 13.6. The van der Waals surface area contributed by atoms with Crippen molar-refractivity contribution in [2.24, 2.45) is 0 Å². The van der Waals surface area contributed by atoms with Gasteiger partial charge in [0.2, 0.25) is 15.9 Å². The van der Waals surface area contributed by atoms with E-state index in [-0.39, 0.29) is 17.3 Å². The molecular formula is C14H23N3O3S. The van der Waals surface area contributed by atoms with Crippen LogP contribution in [0.5, 0.6) is 0 Å². The normalized spacial score (nSPS) is 11.4. The molecular weight excluding hydrogens is 290 g/mol. The number of carbonyl (C=O) groups is 1. The van der Waals surface area contributed by atoms with Gasteiger partial charge in [0.25, 0.3) is 0 Å². The molecule has 7 heteroatoms. The van der Waals surface area contributed by atoms with Crippen LogP contribution in [0.2, 0.25) is 0 Å².